The Morgan fingerprint density at radius 3 is 2.68 bits per heavy atom. The molecule has 180 valence electrons. The number of ether oxygens (including phenoxy) is 1. The summed E-state index contributed by atoms with van der Waals surface area (Å²) in [6, 6.07) is 7.54. The predicted molar refractivity (Wildman–Crippen MR) is 120 cm³/mol. The van der Waals surface area contributed by atoms with Crippen molar-refractivity contribution in [2.24, 2.45) is 0 Å². The summed E-state index contributed by atoms with van der Waals surface area (Å²) in [4.78, 5) is 41.2. The number of benzene rings is 1. The van der Waals surface area contributed by atoms with E-state index >= 15 is 0 Å². The second kappa shape index (κ2) is 10.6. The zero-order chi connectivity index (χ0) is 24.9. The maximum Gasteiger partial charge on any atom is 0.411 e. The van der Waals surface area contributed by atoms with Crippen LogP contribution in [0.3, 0.4) is 0 Å². The SMILES string of the molecule is CC(C)OC(=O)Nc1ccc(Cc2nc(C(=O)NCC(=O)N3CC(F)(F)C[C@H]3C#N)cs2)cc1. The molecule has 0 unspecified atom stereocenters. The molecule has 3 amide bonds. The Morgan fingerprint density at radius 2 is 2.03 bits per heavy atom. The Labute approximate surface area is 198 Å². The first kappa shape index (κ1) is 25.0. The molecule has 0 bridgehead atoms. The molecule has 1 aliphatic rings. The maximum atomic E-state index is 13.5. The van der Waals surface area contributed by atoms with Crippen molar-refractivity contribution in [1.29, 1.82) is 5.26 Å². The van der Waals surface area contributed by atoms with Crippen LogP contribution >= 0.6 is 11.3 Å². The van der Waals surface area contributed by atoms with Crippen LogP contribution in [0.5, 0.6) is 0 Å². The van der Waals surface area contributed by atoms with E-state index in [0.717, 1.165) is 10.5 Å². The minimum atomic E-state index is -3.12. The standard InChI is InChI=1S/C22H23F2N5O4S/c1-13(2)33-21(32)27-15-5-3-14(4-6-15)7-18-28-17(11-34-18)20(31)26-10-19(30)29-12-22(23,24)8-16(29)9-25/h3-6,11,13,16H,7-8,10,12H2,1-2H3,(H,26,31)(H,27,32)/t16-/m0/s1. The lowest BCUT2D eigenvalue weighted by Gasteiger charge is -2.19. The van der Waals surface area contributed by atoms with Gasteiger partial charge in [0.25, 0.3) is 11.8 Å². The van der Waals surface area contributed by atoms with Crippen LogP contribution in [0, 0.1) is 11.3 Å². The molecule has 12 heteroatoms. The topological polar surface area (TPSA) is 124 Å². The number of nitrogens with one attached hydrogen (secondary N) is 2. The van der Waals surface area contributed by atoms with Crippen molar-refractivity contribution in [3.8, 4) is 6.07 Å². The number of likely N-dealkylation sites (tertiary alicyclic amines) is 1. The number of carbonyl (C=O) groups is 3. The fourth-order valence-electron chi connectivity index (χ4n) is 3.28. The lowest BCUT2D eigenvalue weighted by atomic mass is 10.1. The smallest absolute Gasteiger partial charge is 0.411 e. The van der Waals surface area contributed by atoms with Gasteiger partial charge in [-0.3, -0.25) is 14.9 Å². The fraction of sp³-hybridized carbons (Fsp3) is 0.409. The van der Waals surface area contributed by atoms with E-state index in [1.165, 1.54) is 16.7 Å². The number of hydrogen-bond acceptors (Lipinski definition) is 7. The van der Waals surface area contributed by atoms with Gasteiger partial charge in [0.1, 0.15) is 11.7 Å². The summed E-state index contributed by atoms with van der Waals surface area (Å²) < 4.78 is 32.0. The summed E-state index contributed by atoms with van der Waals surface area (Å²) >= 11 is 1.26. The number of hydrogen-bond donors (Lipinski definition) is 2. The number of halogens is 2. The van der Waals surface area contributed by atoms with Crippen LogP contribution in [0.15, 0.2) is 29.6 Å². The van der Waals surface area contributed by atoms with Gasteiger partial charge in [0.2, 0.25) is 5.91 Å². The zero-order valence-electron chi connectivity index (χ0n) is 18.5. The second-order valence-electron chi connectivity index (χ2n) is 7.99. The average Bonchev–Trinajstić information content (AvgIpc) is 3.36. The number of rotatable bonds is 7. The predicted octanol–water partition coefficient (Wildman–Crippen LogP) is 3.18. The summed E-state index contributed by atoms with van der Waals surface area (Å²) in [7, 11) is 0. The second-order valence-corrected chi connectivity index (χ2v) is 8.93. The Bertz CT molecular complexity index is 1100. The maximum absolute atomic E-state index is 13.5. The number of thiazole rings is 1. The van der Waals surface area contributed by atoms with Crippen LogP contribution in [0.2, 0.25) is 0 Å². The minimum absolute atomic E-state index is 0.103. The highest BCUT2D eigenvalue weighted by atomic mass is 32.1. The molecule has 0 saturated carbocycles. The Morgan fingerprint density at radius 1 is 1.32 bits per heavy atom. The highest BCUT2D eigenvalue weighted by molar-refractivity contribution is 7.09. The molecule has 1 aromatic heterocycles. The highest BCUT2D eigenvalue weighted by Crippen LogP contribution is 2.31. The molecule has 1 aliphatic heterocycles. The van der Waals surface area contributed by atoms with E-state index in [-0.39, 0.29) is 11.8 Å². The monoisotopic (exact) mass is 491 g/mol. The van der Waals surface area contributed by atoms with Crippen LogP contribution in [-0.4, -0.2) is 58.9 Å². The summed E-state index contributed by atoms with van der Waals surface area (Å²) in [5.41, 5.74) is 1.58. The van der Waals surface area contributed by atoms with Crippen molar-refractivity contribution in [3.63, 3.8) is 0 Å². The van der Waals surface area contributed by atoms with Crippen LogP contribution < -0.4 is 10.6 Å². The van der Waals surface area contributed by atoms with E-state index in [1.807, 2.05) is 12.1 Å². The average molecular weight is 492 g/mol. The van der Waals surface area contributed by atoms with Crippen molar-refractivity contribution in [1.82, 2.24) is 15.2 Å². The zero-order valence-corrected chi connectivity index (χ0v) is 19.3. The minimum Gasteiger partial charge on any atom is -0.447 e. The van der Waals surface area contributed by atoms with Gasteiger partial charge in [-0.05, 0) is 31.5 Å². The molecule has 0 aliphatic carbocycles. The van der Waals surface area contributed by atoms with Crippen molar-refractivity contribution in [2.75, 3.05) is 18.4 Å². The third-order valence-electron chi connectivity index (χ3n) is 4.82. The molecule has 2 aromatic rings. The third kappa shape index (κ3) is 6.71. The summed E-state index contributed by atoms with van der Waals surface area (Å²) in [6.45, 7) is 2.16. The van der Waals surface area contributed by atoms with Gasteiger partial charge in [0.15, 0.2) is 0 Å². The van der Waals surface area contributed by atoms with Crippen molar-refractivity contribution in [2.45, 2.75) is 44.8 Å². The van der Waals surface area contributed by atoms with Crippen molar-refractivity contribution in [3.05, 3.63) is 45.9 Å². The largest absolute Gasteiger partial charge is 0.447 e. The summed E-state index contributed by atoms with van der Waals surface area (Å²) in [5, 5.41) is 16.2. The Kier molecular flexibility index (Phi) is 7.78. The highest BCUT2D eigenvalue weighted by Gasteiger charge is 2.47. The van der Waals surface area contributed by atoms with Gasteiger partial charge >= 0.3 is 6.09 Å². The Balaban J connectivity index is 1.51. The molecule has 1 aromatic carbocycles. The molecule has 2 N–H and O–H groups in total. The first-order chi connectivity index (χ1) is 16.1. The number of anilines is 1. The van der Waals surface area contributed by atoms with E-state index in [4.69, 9.17) is 10.00 Å². The molecular formula is C22H23F2N5O4S. The lowest BCUT2D eigenvalue weighted by Crippen LogP contribution is -2.43. The lowest BCUT2D eigenvalue weighted by molar-refractivity contribution is -0.131. The number of amides is 3. The molecule has 3 rings (SSSR count). The number of alkyl halides is 2. The van der Waals surface area contributed by atoms with Gasteiger partial charge in [-0.2, -0.15) is 5.26 Å². The molecule has 2 heterocycles. The van der Waals surface area contributed by atoms with Crippen LogP contribution in [-0.2, 0) is 16.0 Å². The first-order valence-corrected chi connectivity index (χ1v) is 11.3. The molecule has 1 fully saturated rings. The van der Waals surface area contributed by atoms with E-state index in [2.05, 4.69) is 15.6 Å². The summed E-state index contributed by atoms with van der Waals surface area (Å²) in [5.74, 6) is -4.48. The van der Waals surface area contributed by atoms with Gasteiger partial charge < -0.3 is 15.0 Å². The van der Waals surface area contributed by atoms with E-state index in [0.29, 0.717) is 17.1 Å². The van der Waals surface area contributed by atoms with Crippen molar-refractivity contribution < 1.29 is 27.9 Å². The van der Waals surface area contributed by atoms with Crippen LogP contribution in [0.1, 0.15) is 41.3 Å². The van der Waals surface area contributed by atoms with Gasteiger partial charge in [-0.25, -0.2) is 18.6 Å². The molecule has 1 saturated heterocycles. The summed E-state index contributed by atoms with van der Waals surface area (Å²) in [6.07, 6.45) is -1.04. The van der Waals surface area contributed by atoms with Gasteiger partial charge in [-0.1, -0.05) is 12.1 Å². The third-order valence-corrected chi connectivity index (χ3v) is 5.67. The van der Waals surface area contributed by atoms with E-state index in [9.17, 15) is 23.2 Å². The van der Waals surface area contributed by atoms with Gasteiger partial charge in [-0.15, -0.1) is 11.3 Å². The first-order valence-electron chi connectivity index (χ1n) is 10.4. The molecule has 0 spiro atoms. The van der Waals surface area contributed by atoms with Crippen LogP contribution in [0.25, 0.3) is 0 Å². The van der Waals surface area contributed by atoms with Gasteiger partial charge in [0.05, 0.1) is 30.3 Å². The number of nitrogens with zero attached hydrogens (tertiary/aromatic N) is 3. The van der Waals surface area contributed by atoms with E-state index in [1.54, 1.807) is 32.0 Å². The number of nitriles is 1. The Hall–Kier alpha value is -3.59. The number of carbonyl (C=O) groups excluding carboxylic acids is 3. The molecule has 1 atom stereocenters. The normalized spacial score (nSPS) is 16.7. The molecular weight excluding hydrogens is 468 g/mol. The van der Waals surface area contributed by atoms with E-state index < -0.39 is 49.4 Å². The fourth-order valence-corrected chi connectivity index (χ4v) is 4.09. The quantitative estimate of drug-likeness (QED) is 0.613. The van der Waals surface area contributed by atoms with Crippen molar-refractivity contribution >= 4 is 34.9 Å². The number of aromatic nitrogens is 1. The molecule has 9 nitrogen and oxygen atoms in total. The molecule has 0 radical (unpaired) electrons. The van der Waals surface area contributed by atoms with Gasteiger partial charge in [0, 0.05) is 23.9 Å². The van der Waals surface area contributed by atoms with Crippen LogP contribution in [0.4, 0.5) is 19.3 Å². The molecule has 34 heavy (non-hydrogen) atoms.